The summed E-state index contributed by atoms with van der Waals surface area (Å²) in [5.41, 5.74) is 2.56. The second-order valence-corrected chi connectivity index (χ2v) is 11.7. The lowest BCUT2D eigenvalue weighted by Gasteiger charge is -2.25. The molecule has 0 aliphatic carbocycles. The Morgan fingerprint density at radius 2 is 1.94 bits per heavy atom. The van der Waals surface area contributed by atoms with Crippen molar-refractivity contribution in [2.45, 2.75) is 51.3 Å². The van der Waals surface area contributed by atoms with Crippen LogP contribution >= 0.6 is 23.4 Å². The fraction of sp³-hybridized carbons (Fsp3) is 0.370. The molecule has 2 amide bonds. The second kappa shape index (κ2) is 10.3. The van der Waals surface area contributed by atoms with Crippen LogP contribution in [0.2, 0.25) is 5.02 Å². The van der Waals surface area contributed by atoms with Gasteiger partial charge in [0.15, 0.2) is 0 Å². The molecule has 1 aliphatic heterocycles. The van der Waals surface area contributed by atoms with E-state index in [2.05, 4.69) is 5.32 Å². The maximum Gasteiger partial charge on any atom is 0.240 e. The van der Waals surface area contributed by atoms with Crippen LogP contribution in [0, 0.1) is 5.82 Å². The zero-order chi connectivity index (χ0) is 26.2. The van der Waals surface area contributed by atoms with Gasteiger partial charge in [0, 0.05) is 22.0 Å². The number of nitrogens with zero attached hydrogens (tertiary/aromatic N) is 3. The maximum absolute atomic E-state index is 14.3. The Morgan fingerprint density at radius 3 is 2.58 bits per heavy atom. The molecule has 0 saturated carbocycles. The van der Waals surface area contributed by atoms with Crippen molar-refractivity contribution in [3.05, 3.63) is 76.2 Å². The Bertz CT molecular complexity index is 1300. The summed E-state index contributed by atoms with van der Waals surface area (Å²) in [4.78, 5) is 27.9. The molecule has 9 heteroatoms. The number of halogens is 2. The van der Waals surface area contributed by atoms with Crippen LogP contribution < -0.4 is 10.2 Å². The summed E-state index contributed by atoms with van der Waals surface area (Å²) in [6.07, 6.45) is 0. The Kier molecular flexibility index (Phi) is 7.48. The van der Waals surface area contributed by atoms with Crippen LogP contribution in [-0.2, 0) is 15.0 Å². The first-order chi connectivity index (χ1) is 17.0. The van der Waals surface area contributed by atoms with Crippen LogP contribution in [0.4, 0.5) is 10.2 Å². The minimum atomic E-state index is -0.403. The number of aromatic nitrogens is 2. The van der Waals surface area contributed by atoms with Gasteiger partial charge in [-0.3, -0.25) is 14.5 Å². The van der Waals surface area contributed by atoms with Crippen molar-refractivity contribution in [3.8, 4) is 5.69 Å². The van der Waals surface area contributed by atoms with Crippen molar-refractivity contribution >= 4 is 41.0 Å². The summed E-state index contributed by atoms with van der Waals surface area (Å²) in [7, 11) is 0. The minimum absolute atomic E-state index is 0.0727. The predicted molar refractivity (Wildman–Crippen MR) is 144 cm³/mol. The van der Waals surface area contributed by atoms with Crippen molar-refractivity contribution in [1.82, 2.24) is 15.1 Å². The lowest BCUT2D eigenvalue weighted by Crippen LogP contribution is -2.44. The van der Waals surface area contributed by atoms with E-state index in [0.717, 1.165) is 16.8 Å². The van der Waals surface area contributed by atoms with Gasteiger partial charge >= 0.3 is 0 Å². The van der Waals surface area contributed by atoms with Gasteiger partial charge in [-0.1, -0.05) is 50.6 Å². The van der Waals surface area contributed by atoms with Crippen LogP contribution in [-0.4, -0.2) is 39.9 Å². The molecule has 4 rings (SSSR count). The fourth-order valence-electron chi connectivity index (χ4n) is 4.31. The van der Waals surface area contributed by atoms with Crippen LogP contribution in [0.25, 0.3) is 5.69 Å². The molecule has 2 heterocycles. The molecule has 1 unspecified atom stereocenters. The zero-order valence-electron chi connectivity index (χ0n) is 21.0. The molecule has 0 spiro atoms. The molecule has 0 radical (unpaired) electrons. The molecule has 3 aromatic rings. The van der Waals surface area contributed by atoms with Gasteiger partial charge in [0.05, 0.1) is 22.4 Å². The van der Waals surface area contributed by atoms with Crippen LogP contribution in [0.15, 0.2) is 48.5 Å². The van der Waals surface area contributed by atoms with E-state index in [0.29, 0.717) is 16.5 Å². The summed E-state index contributed by atoms with van der Waals surface area (Å²) in [5.74, 6) is -0.204. The number of carbonyl (C=O) groups is 2. The quantitative estimate of drug-likeness (QED) is 0.464. The molecule has 0 bridgehead atoms. The number of anilines is 1. The van der Waals surface area contributed by atoms with Gasteiger partial charge < -0.3 is 5.32 Å². The summed E-state index contributed by atoms with van der Waals surface area (Å²) in [6, 6.07) is 13.6. The van der Waals surface area contributed by atoms with Crippen molar-refractivity contribution in [2.75, 3.05) is 17.2 Å². The van der Waals surface area contributed by atoms with Gasteiger partial charge in [0.25, 0.3) is 0 Å². The molecule has 1 atom stereocenters. The maximum atomic E-state index is 14.3. The number of hydrogen-bond acceptors (Lipinski definition) is 4. The number of hydrogen-bond donors (Lipinski definition) is 1. The lowest BCUT2D eigenvalue weighted by atomic mass is 9.87. The highest BCUT2D eigenvalue weighted by molar-refractivity contribution is 8.00. The normalized spacial score (nSPS) is 16.2. The van der Waals surface area contributed by atoms with Crippen LogP contribution in [0.5, 0.6) is 0 Å². The molecule has 36 heavy (non-hydrogen) atoms. The summed E-state index contributed by atoms with van der Waals surface area (Å²) < 4.78 is 16.0. The fourth-order valence-corrected chi connectivity index (χ4v) is 5.68. The molecular formula is C27H30ClFN4O2S. The molecule has 2 aromatic carbocycles. The average molecular weight is 529 g/mol. The summed E-state index contributed by atoms with van der Waals surface area (Å²) >= 11 is 7.74. The number of amides is 2. The standard InChI is InChI=1S/C27H30ClFN4O2S/c1-16(2)30-21(34)14-32-22(35)15-36-24(17-8-6-10-19(29)12-17)23-25(27(3,4)5)31-33(26(23)32)20-11-7-9-18(28)13-20/h6-13,16,24H,14-15H2,1-5H3,(H,30,34). The van der Waals surface area contributed by atoms with Crippen LogP contribution in [0.3, 0.4) is 0 Å². The highest BCUT2D eigenvalue weighted by Gasteiger charge is 2.40. The third-order valence-electron chi connectivity index (χ3n) is 5.76. The van der Waals surface area contributed by atoms with Gasteiger partial charge in [-0.25, -0.2) is 9.07 Å². The molecule has 6 nitrogen and oxygen atoms in total. The Hall–Kier alpha value is -2.84. The van der Waals surface area contributed by atoms with E-state index in [4.69, 9.17) is 16.7 Å². The van der Waals surface area contributed by atoms with Gasteiger partial charge in [-0.05, 0) is 49.7 Å². The Morgan fingerprint density at radius 1 is 1.22 bits per heavy atom. The number of benzene rings is 2. The molecule has 190 valence electrons. The van der Waals surface area contributed by atoms with E-state index >= 15 is 0 Å². The first-order valence-corrected chi connectivity index (χ1v) is 13.2. The number of thioether (sulfide) groups is 1. The molecule has 1 N–H and O–H groups in total. The largest absolute Gasteiger partial charge is 0.352 e. The molecule has 0 fully saturated rings. The van der Waals surface area contributed by atoms with E-state index in [1.165, 1.54) is 28.8 Å². The summed E-state index contributed by atoms with van der Waals surface area (Å²) in [5, 5.41) is 8.03. The highest BCUT2D eigenvalue weighted by atomic mass is 35.5. The van der Waals surface area contributed by atoms with Gasteiger partial charge in [-0.15, -0.1) is 11.8 Å². The van der Waals surface area contributed by atoms with E-state index < -0.39 is 5.41 Å². The monoisotopic (exact) mass is 528 g/mol. The number of carbonyl (C=O) groups excluding carboxylic acids is 2. The van der Waals surface area contributed by atoms with Crippen LogP contribution in [0.1, 0.15) is 56.7 Å². The second-order valence-electron chi connectivity index (χ2n) is 10.2. The van der Waals surface area contributed by atoms with E-state index in [1.54, 1.807) is 22.9 Å². The molecular weight excluding hydrogens is 499 g/mol. The third-order valence-corrected chi connectivity index (χ3v) is 7.24. The third kappa shape index (κ3) is 5.44. The zero-order valence-corrected chi connectivity index (χ0v) is 22.6. The van der Waals surface area contributed by atoms with Crippen molar-refractivity contribution in [3.63, 3.8) is 0 Å². The highest BCUT2D eigenvalue weighted by Crippen LogP contribution is 2.48. The van der Waals surface area contributed by atoms with Crippen molar-refractivity contribution < 1.29 is 14.0 Å². The minimum Gasteiger partial charge on any atom is -0.352 e. The van der Waals surface area contributed by atoms with Gasteiger partial charge in [0.1, 0.15) is 18.2 Å². The molecule has 1 aliphatic rings. The topological polar surface area (TPSA) is 67.2 Å². The van der Waals surface area contributed by atoms with E-state index in [1.807, 2.05) is 52.8 Å². The van der Waals surface area contributed by atoms with Gasteiger partial charge in [-0.2, -0.15) is 5.10 Å². The number of rotatable bonds is 5. The van der Waals surface area contributed by atoms with E-state index in [9.17, 15) is 14.0 Å². The lowest BCUT2D eigenvalue weighted by molar-refractivity contribution is -0.123. The number of nitrogens with one attached hydrogen (secondary N) is 1. The first-order valence-electron chi connectivity index (χ1n) is 11.8. The Balaban J connectivity index is 2.02. The van der Waals surface area contributed by atoms with Crippen molar-refractivity contribution in [1.29, 1.82) is 0 Å². The first kappa shape index (κ1) is 26.2. The average Bonchev–Trinajstić information content (AvgIpc) is 3.12. The number of fused-ring (bicyclic) bond motifs is 1. The Labute approximate surface area is 220 Å². The van der Waals surface area contributed by atoms with E-state index in [-0.39, 0.29) is 41.2 Å². The van der Waals surface area contributed by atoms with Crippen molar-refractivity contribution in [2.24, 2.45) is 0 Å². The molecule has 0 saturated heterocycles. The summed E-state index contributed by atoms with van der Waals surface area (Å²) in [6.45, 7) is 9.74. The SMILES string of the molecule is CC(C)NC(=O)CN1C(=O)CSC(c2cccc(F)c2)c2c(C(C)(C)C)nn(-c3cccc(Cl)c3)c21. The predicted octanol–water partition coefficient (Wildman–Crippen LogP) is 5.66. The molecule has 1 aromatic heterocycles. The smallest absolute Gasteiger partial charge is 0.240 e. The van der Waals surface area contributed by atoms with Gasteiger partial charge in [0.2, 0.25) is 11.8 Å².